The summed E-state index contributed by atoms with van der Waals surface area (Å²) in [6.07, 6.45) is 1.23. The van der Waals surface area contributed by atoms with Crippen LogP contribution in [-0.4, -0.2) is 23.6 Å². The van der Waals surface area contributed by atoms with Crippen LogP contribution in [0.1, 0.15) is 21.6 Å². The van der Waals surface area contributed by atoms with Crippen molar-refractivity contribution < 1.29 is 14.3 Å². The number of aromatic nitrogens is 2. The van der Waals surface area contributed by atoms with Gasteiger partial charge in [0.15, 0.2) is 5.75 Å². The summed E-state index contributed by atoms with van der Waals surface area (Å²) in [4.78, 5) is 22.1. The van der Waals surface area contributed by atoms with Crippen LogP contribution >= 0.6 is 31.9 Å². The Morgan fingerprint density at radius 2 is 1.85 bits per heavy atom. The second-order valence-corrected chi connectivity index (χ2v) is 7.31. The zero-order chi connectivity index (χ0) is 19.4. The minimum Gasteiger partial charge on any atom is -0.496 e. The van der Waals surface area contributed by atoms with Crippen molar-refractivity contribution in [1.29, 1.82) is 0 Å². The van der Waals surface area contributed by atoms with Crippen molar-refractivity contribution in [3.63, 3.8) is 0 Å². The van der Waals surface area contributed by atoms with Crippen LogP contribution in [0.15, 0.2) is 56.2 Å². The fourth-order valence-electron chi connectivity index (χ4n) is 2.49. The Hall–Kier alpha value is -2.45. The van der Waals surface area contributed by atoms with Crippen molar-refractivity contribution in [2.75, 3.05) is 7.11 Å². The van der Waals surface area contributed by atoms with Crippen molar-refractivity contribution in [2.45, 2.75) is 6.42 Å². The summed E-state index contributed by atoms with van der Waals surface area (Å²) >= 11 is 6.84. The highest BCUT2D eigenvalue weighted by atomic mass is 79.9. The third kappa shape index (κ3) is 4.64. The number of aldehydes is 1. The minimum absolute atomic E-state index is 0.253. The number of carbonyl (C=O) groups is 1. The third-order valence-electron chi connectivity index (χ3n) is 3.74. The van der Waals surface area contributed by atoms with E-state index in [9.17, 15) is 9.59 Å². The van der Waals surface area contributed by atoms with E-state index in [1.807, 2.05) is 6.07 Å². The van der Waals surface area contributed by atoms with Crippen molar-refractivity contribution in [2.24, 2.45) is 0 Å². The summed E-state index contributed by atoms with van der Waals surface area (Å²) in [7, 11) is 1.59. The van der Waals surface area contributed by atoms with E-state index in [0.29, 0.717) is 43.9 Å². The molecule has 0 fully saturated rings. The van der Waals surface area contributed by atoms with Gasteiger partial charge in [0.1, 0.15) is 17.8 Å². The first-order valence-electron chi connectivity index (χ1n) is 7.83. The Labute approximate surface area is 171 Å². The topological polar surface area (TPSA) is 81.3 Å². The fourth-order valence-corrected chi connectivity index (χ4v) is 3.87. The summed E-state index contributed by atoms with van der Waals surface area (Å²) in [5.41, 5.74) is 1.82. The molecule has 27 heavy (non-hydrogen) atoms. The molecular weight excluding hydrogens is 480 g/mol. The molecule has 0 aliphatic heterocycles. The van der Waals surface area contributed by atoms with Gasteiger partial charge in [-0.05, 0) is 68.3 Å². The molecule has 1 N–H and O–H groups in total. The van der Waals surface area contributed by atoms with Gasteiger partial charge in [0.25, 0.3) is 5.56 Å². The summed E-state index contributed by atoms with van der Waals surface area (Å²) in [5, 5.41) is 6.45. The normalized spacial score (nSPS) is 10.5. The Balaban J connectivity index is 1.92. The van der Waals surface area contributed by atoms with Crippen LogP contribution in [0.4, 0.5) is 0 Å². The van der Waals surface area contributed by atoms with Gasteiger partial charge in [-0.25, -0.2) is 5.10 Å². The second-order valence-electron chi connectivity index (χ2n) is 5.60. The molecule has 0 spiro atoms. The van der Waals surface area contributed by atoms with Gasteiger partial charge >= 0.3 is 0 Å². The van der Waals surface area contributed by atoms with Gasteiger partial charge in [-0.2, -0.15) is 5.10 Å². The molecule has 2 aromatic carbocycles. The second kappa shape index (κ2) is 8.49. The van der Waals surface area contributed by atoms with Gasteiger partial charge in [-0.1, -0.05) is 0 Å². The van der Waals surface area contributed by atoms with E-state index in [0.717, 1.165) is 11.8 Å². The van der Waals surface area contributed by atoms with Crippen molar-refractivity contribution in [3.8, 4) is 17.2 Å². The number of H-pyrrole nitrogens is 1. The van der Waals surface area contributed by atoms with Crippen molar-refractivity contribution in [3.05, 3.63) is 78.6 Å². The lowest BCUT2D eigenvalue weighted by molar-refractivity contribution is 0.112. The van der Waals surface area contributed by atoms with E-state index in [1.165, 1.54) is 6.07 Å². The first-order valence-corrected chi connectivity index (χ1v) is 9.42. The first kappa shape index (κ1) is 19.3. The van der Waals surface area contributed by atoms with Crippen LogP contribution in [0, 0.1) is 0 Å². The smallest absolute Gasteiger partial charge is 0.264 e. The molecule has 3 aromatic rings. The zero-order valence-electron chi connectivity index (χ0n) is 14.2. The van der Waals surface area contributed by atoms with Gasteiger partial charge in [0.05, 0.1) is 21.7 Å². The number of hydrogen-bond acceptors (Lipinski definition) is 5. The highest BCUT2D eigenvalue weighted by Gasteiger charge is 2.13. The van der Waals surface area contributed by atoms with E-state index in [4.69, 9.17) is 9.47 Å². The van der Waals surface area contributed by atoms with E-state index < -0.39 is 0 Å². The molecule has 1 heterocycles. The Morgan fingerprint density at radius 3 is 2.44 bits per heavy atom. The molecule has 3 rings (SSSR count). The van der Waals surface area contributed by atoms with Gasteiger partial charge in [0.2, 0.25) is 0 Å². The highest BCUT2D eigenvalue weighted by Crippen LogP contribution is 2.38. The molecule has 0 saturated heterocycles. The number of aromatic amines is 1. The van der Waals surface area contributed by atoms with Crippen LogP contribution in [0.25, 0.3) is 0 Å². The standard InChI is InChI=1S/C19H14Br2N2O4/c1-26-17-4-3-14(9-12(17)8-13-2-5-18(25)23-22-13)27-19-15(20)6-11(10-24)7-16(19)21/h2-7,9-10H,8H2,1H3,(H,23,25). The molecule has 0 atom stereocenters. The lowest BCUT2D eigenvalue weighted by atomic mass is 10.1. The van der Waals surface area contributed by atoms with Gasteiger partial charge in [-0.3, -0.25) is 9.59 Å². The number of rotatable bonds is 6. The molecule has 0 saturated carbocycles. The summed E-state index contributed by atoms with van der Waals surface area (Å²) in [5.74, 6) is 1.83. The number of halogens is 2. The highest BCUT2D eigenvalue weighted by molar-refractivity contribution is 9.11. The molecule has 0 aliphatic rings. The molecule has 138 valence electrons. The molecule has 1 aromatic heterocycles. The van der Waals surface area contributed by atoms with Crippen LogP contribution in [0.5, 0.6) is 17.2 Å². The number of benzene rings is 2. The fraction of sp³-hybridized carbons (Fsp3) is 0.105. The van der Waals surface area contributed by atoms with Crippen LogP contribution in [-0.2, 0) is 6.42 Å². The molecule has 0 unspecified atom stereocenters. The SMILES string of the molecule is COc1ccc(Oc2c(Br)cc(C=O)cc2Br)cc1Cc1ccc(=O)[nH]n1. The van der Waals surface area contributed by atoms with Crippen molar-refractivity contribution in [1.82, 2.24) is 10.2 Å². The van der Waals surface area contributed by atoms with Gasteiger partial charge < -0.3 is 9.47 Å². The van der Waals surface area contributed by atoms with Crippen LogP contribution in [0.3, 0.4) is 0 Å². The zero-order valence-corrected chi connectivity index (χ0v) is 17.3. The maximum Gasteiger partial charge on any atom is 0.264 e. The van der Waals surface area contributed by atoms with Gasteiger partial charge in [-0.15, -0.1) is 0 Å². The van der Waals surface area contributed by atoms with E-state index in [-0.39, 0.29) is 5.56 Å². The van der Waals surface area contributed by atoms with Crippen molar-refractivity contribution >= 4 is 38.1 Å². The number of ether oxygens (including phenoxy) is 2. The van der Waals surface area contributed by atoms with E-state index in [2.05, 4.69) is 42.1 Å². The summed E-state index contributed by atoms with van der Waals surface area (Å²) in [6, 6.07) is 11.9. The lowest BCUT2D eigenvalue weighted by Crippen LogP contribution is -2.08. The van der Waals surface area contributed by atoms with Crippen LogP contribution in [0.2, 0.25) is 0 Å². The molecule has 0 aliphatic carbocycles. The number of hydrogen-bond donors (Lipinski definition) is 1. The van der Waals surface area contributed by atoms with E-state index >= 15 is 0 Å². The lowest BCUT2D eigenvalue weighted by Gasteiger charge is -2.14. The Bertz CT molecular complexity index is 1010. The first-order chi connectivity index (χ1) is 13.0. The maximum atomic E-state index is 11.2. The number of nitrogens with one attached hydrogen (secondary N) is 1. The average molecular weight is 494 g/mol. The molecule has 6 nitrogen and oxygen atoms in total. The maximum absolute atomic E-state index is 11.2. The summed E-state index contributed by atoms with van der Waals surface area (Å²) < 4.78 is 12.7. The Kier molecular flexibility index (Phi) is 6.08. The molecular formula is C19H14Br2N2O4. The minimum atomic E-state index is -0.253. The molecule has 0 radical (unpaired) electrons. The number of methoxy groups -OCH3 is 1. The predicted molar refractivity (Wildman–Crippen MR) is 108 cm³/mol. The number of carbonyl (C=O) groups excluding carboxylic acids is 1. The summed E-state index contributed by atoms with van der Waals surface area (Å²) in [6.45, 7) is 0. The third-order valence-corrected chi connectivity index (χ3v) is 4.91. The van der Waals surface area contributed by atoms with Gasteiger partial charge in [0, 0.05) is 23.6 Å². The quantitative estimate of drug-likeness (QED) is 0.511. The molecule has 8 heteroatoms. The monoisotopic (exact) mass is 492 g/mol. The van der Waals surface area contributed by atoms with E-state index in [1.54, 1.807) is 37.4 Å². The molecule has 0 bridgehead atoms. The predicted octanol–water partition coefficient (Wildman–Crippen LogP) is 4.50. The average Bonchev–Trinajstić information content (AvgIpc) is 2.66. The largest absolute Gasteiger partial charge is 0.496 e. The molecule has 0 amide bonds. The number of nitrogens with zero attached hydrogens (tertiary/aromatic N) is 1. The van der Waals surface area contributed by atoms with Crippen LogP contribution < -0.4 is 15.0 Å². The Morgan fingerprint density at radius 1 is 1.11 bits per heavy atom.